The number of carbonyl (C=O) groups is 2. The number of hydroxylamine groups is 2. The van der Waals surface area contributed by atoms with Crippen LogP contribution >= 0.6 is 0 Å². The molecule has 2 saturated heterocycles. The first-order valence-corrected chi connectivity index (χ1v) is 10.4. The molecule has 4 atom stereocenters. The average Bonchev–Trinajstić information content (AvgIpc) is 3.42. The van der Waals surface area contributed by atoms with Gasteiger partial charge >= 0.3 is 0 Å². The minimum Gasteiger partial charge on any atom is -0.379 e. The Labute approximate surface area is 174 Å². The van der Waals surface area contributed by atoms with Crippen LogP contribution in [0.5, 0.6) is 0 Å². The van der Waals surface area contributed by atoms with E-state index in [0.29, 0.717) is 19.6 Å². The minimum atomic E-state index is -0.413. The Bertz CT molecular complexity index is 640. The molecule has 162 valence electrons. The molecule has 1 N–H and O–H groups in total. The fraction of sp³-hybridized carbons (Fsp3) is 0.652. The van der Waals surface area contributed by atoms with Gasteiger partial charge in [0.15, 0.2) is 0 Å². The number of nitrogens with one attached hydrogen (secondary N) is 1. The Balaban J connectivity index is 0.00000300. The van der Waals surface area contributed by atoms with E-state index in [2.05, 4.69) is 5.32 Å². The first-order chi connectivity index (χ1) is 13.6. The molecule has 0 unspecified atom stereocenters. The second-order valence-corrected chi connectivity index (χ2v) is 7.88. The van der Waals surface area contributed by atoms with Gasteiger partial charge in [-0.05, 0) is 37.8 Å². The lowest BCUT2D eigenvalue weighted by atomic mass is 9.85. The quantitative estimate of drug-likeness (QED) is 0.685. The smallest absolute Gasteiger partial charge is 0.250 e. The van der Waals surface area contributed by atoms with Gasteiger partial charge in [-0.3, -0.25) is 14.4 Å². The van der Waals surface area contributed by atoms with E-state index < -0.39 is 5.92 Å². The van der Waals surface area contributed by atoms with Gasteiger partial charge in [0.2, 0.25) is 5.91 Å². The number of carbonyl (C=O) groups excluding carboxylic acids is 2. The summed E-state index contributed by atoms with van der Waals surface area (Å²) < 4.78 is 5.67. The number of amides is 1. The zero-order valence-corrected chi connectivity index (χ0v) is 16.9. The summed E-state index contributed by atoms with van der Waals surface area (Å²) in [6, 6.07) is 10.1. The van der Waals surface area contributed by atoms with Crippen molar-refractivity contribution in [2.24, 2.45) is 11.8 Å². The highest BCUT2D eigenvalue weighted by Crippen LogP contribution is 2.24. The molecule has 1 aromatic rings. The van der Waals surface area contributed by atoms with Crippen LogP contribution in [-0.4, -0.2) is 55.7 Å². The third-order valence-corrected chi connectivity index (χ3v) is 5.89. The summed E-state index contributed by atoms with van der Waals surface area (Å²) >= 11 is 0. The monoisotopic (exact) mass is 404 g/mol. The lowest BCUT2D eigenvalue weighted by Gasteiger charge is -2.29. The standard InChI is InChI=1S/C22H32N2O4.CH4/c1-16(21(27-2)19-10-6-11-23-19)20(25)15-18(14-17-8-4-3-5-9-17)22(26)24-12-7-13-28-24;/h3-5,8-9,16,18-19,21,23H,6-7,10-15H2,1-2H3;1H4/t16-,18+,19-,21+;/m0./s1. The van der Waals surface area contributed by atoms with Gasteiger partial charge in [0.1, 0.15) is 5.78 Å². The first kappa shape index (κ1) is 23.5. The summed E-state index contributed by atoms with van der Waals surface area (Å²) in [4.78, 5) is 31.6. The fourth-order valence-electron chi connectivity index (χ4n) is 4.29. The molecule has 3 rings (SSSR count). The van der Waals surface area contributed by atoms with Crippen LogP contribution < -0.4 is 5.32 Å². The second-order valence-electron chi connectivity index (χ2n) is 7.88. The molecule has 1 amide bonds. The highest BCUT2D eigenvalue weighted by atomic mass is 16.7. The number of rotatable bonds is 9. The number of nitrogens with zero attached hydrogens (tertiary/aromatic N) is 1. The Morgan fingerprint density at radius 1 is 1.28 bits per heavy atom. The molecule has 0 spiro atoms. The number of hydrogen-bond donors (Lipinski definition) is 1. The van der Waals surface area contributed by atoms with Gasteiger partial charge in [0.05, 0.1) is 25.2 Å². The van der Waals surface area contributed by atoms with Crippen molar-refractivity contribution >= 4 is 11.7 Å². The Hall–Kier alpha value is -1.76. The molecule has 6 heteroatoms. The maximum absolute atomic E-state index is 13.1. The van der Waals surface area contributed by atoms with Crippen molar-refractivity contribution in [2.45, 2.75) is 58.6 Å². The molecule has 0 radical (unpaired) electrons. The van der Waals surface area contributed by atoms with Crippen molar-refractivity contribution in [1.82, 2.24) is 10.4 Å². The van der Waals surface area contributed by atoms with E-state index in [1.807, 2.05) is 37.3 Å². The van der Waals surface area contributed by atoms with Crippen molar-refractivity contribution in [3.63, 3.8) is 0 Å². The van der Waals surface area contributed by atoms with Gasteiger partial charge in [-0.1, -0.05) is 44.7 Å². The minimum absolute atomic E-state index is 0. The number of hydrogen-bond acceptors (Lipinski definition) is 5. The van der Waals surface area contributed by atoms with Crippen LogP contribution in [0.2, 0.25) is 0 Å². The summed E-state index contributed by atoms with van der Waals surface area (Å²) in [5.41, 5.74) is 1.06. The van der Waals surface area contributed by atoms with E-state index in [1.54, 1.807) is 7.11 Å². The van der Waals surface area contributed by atoms with E-state index in [1.165, 1.54) is 5.06 Å². The zero-order chi connectivity index (χ0) is 19.9. The van der Waals surface area contributed by atoms with Crippen molar-refractivity contribution < 1.29 is 19.2 Å². The molecule has 1 aromatic carbocycles. The number of benzene rings is 1. The fourth-order valence-corrected chi connectivity index (χ4v) is 4.29. The average molecular weight is 405 g/mol. The van der Waals surface area contributed by atoms with Crippen molar-refractivity contribution in [3.8, 4) is 0 Å². The van der Waals surface area contributed by atoms with Gasteiger partial charge in [-0.2, -0.15) is 0 Å². The maximum Gasteiger partial charge on any atom is 0.250 e. The molecule has 6 nitrogen and oxygen atoms in total. The summed E-state index contributed by atoms with van der Waals surface area (Å²) in [6.07, 6.45) is 3.55. The largest absolute Gasteiger partial charge is 0.379 e. The summed E-state index contributed by atoms with van der Waals surface area (Å²) in [6.45, 7) is 4.05. The summed E-state index contributed by atoms with van der Waals surface area (Å²) in [5, 5.41) is 4.87. The molecule has 29 heavy (non-hydrogen) atoms. The molecular formula is C23H36N2O4. The number of ketones is 1. The molecule has 0 aliphatic carbocycles. The van der Waals surface area contributed by atoms with Crippen LogP contribution in [0.4, 0.5) is 0 Å². The van der Waals surface area contributed by atoms with Crippen LogP contribution in [0.15, 0.2) is 30.3 Å². The predicted octanol–water partition coefficient (Wildman–Crippen LogP) is 3.01. The van der Waals surface area contributed by atoms with Crippen LogP contribution in [0.1, 0.15) is 45.6 Å². The topological polar surface area (TPSA) is 67.9 Å². The first-order valence-electron chi connectivity index (χ1n) is 10.4. The highest BCUT2D eigenvalue weighted by Gasteiger charge is 2.36. The van der Waals surface area contributed by atoms with Gasteiger partial charge in [-0.25, -0.2) is 5.06 Å². The Morgan fingerprint density at radius 2 is 2.03 bits per heavy atom. The normalized spacial score (nSPS) is 22.0. The van der Waals surface area contributed by atoms with Gasteiger partial charge < -0.3 is 10.1 Å². The van der Waals surface area contributed by atoms with Crippen molar-refractivity contribution in [3.05, 3.63) is 35.9 Å². The molecular weight excluding hydrogens is 368 g/mol. The van der Waals surface area contributed by atoms with Crippen molar-refractivity contribution in [2.75, 3.05) is 26.8 Å². The molecule has 0 saturated carbocycles. The van der Waals surface area contributed by atoms with E-state index in [-0.39, 0.29) is 43.6 Å². The molecule has 2 fully saturated rings. The summed E-state index contributed by atoms with van der Waals surface area (Å²) in [7, 11) is 1.67. The lowest BCUT2D eigenvalue weighted by Crippen LogP contribution is -2.44. The highest BCUT2D eigenvalue weighted by molar-refractivity contribution is 5.88. The molecule has 2 aliphatic rings. The van der Waals surface area contributed by atoms with Gasteiger partial charge in [0.25, 0.3) is 0 Å². The third kappa shape index (κ3) is 6.11. The number of ether oxygens (including phenoxy) is 1. The van der Waals surface area contributed by atoms with Crippen LogP contribution in [0.25, 0.3) is 0 Å². The molecule has 2 aliphatic heterocycles. The van der Waals surface area contributed by atoms with Gasteiger partial charge in [-0.15, -0.1) is 0 Å². The van der Waals surface area contributed by atoms with E-state index in [0.717, 1.165) is 31.4 Å². The van der Waals surface area contributed by atoms with Crippen molar-refractivity contribution in [1.29, 1.82) is 0 Å². The van der Waals surface area contributed by atoms with E-state index in [9.17, 15) is 9.59 Å². The Kier molecular flexibility index (Phi) is 9.27. The Morgan fingerprint density at radius 3 is 2.62 bits per heavy atom. The van der Waals surface area contributed by atoms with E-state index in [4.69, 9.17) is 9.57 Å². The molecule has 2 heterocycles. The zero-order valence-electron chi connectivity index (χ0n) is 16.9. The number of Topliss-reactive ketones (excluding diaryl/α,β-unsaturated/α-hetero) is 1. The van der Waals surface area contributed by atoms with Crippen LogP contribution in [0, 0.1) is 11.8 Å². The summed E-state index contributed by atoms with van der Waals surface area (Å²) in [5.74, 6) is -0.681. The van der Waals surface area contributed by atoms with Crippen LogP contribution in [0.3, 0.4) is 0 Å². The lowest BCUT2D eigenvalue weighted by molar-refractivity contribution is -0.174. The maximum atomic E-state index is 13.1. The predicted molar refractivity (Wildman–Crippen MR) is 113 cm³/mol. The molecule has 0 aromatic heterocycles. The van der Waals surface area contributed by atoms with Crippen LogP contribution in [-0.2, 0) is 25.6 Å². The van der Waals surface area contributed by atoms with Gasteiger partial charge in [0, 0.05) is 25.5 Å². The third-order valence-electron chi connectivity index (χ3n) is 5.89. The second kappa shape index (κ2) is 11.4. The molecule has 0 bridgehead atoms. The van der Waals surface area contributed by atoms with E-state index >= 15 is 0 Å². The number of methoxy groups -OCH3 is 1. The SMILES string of the molecule is C.CO[C@@H]([C@@H]1CCCN1)[C@@H](C)C(=O)C[C@@H](Cc1ccccc1)C(=O)N1CCCO1.